The number of aryl methyl sites for hydroxylation is 1. The molecule has 2 aromatic carbocycles. The molecule has 2 aliphatic rings. The van der Waals surface area contributed by atoms with E-state index in [4.69, 9.17) is 202 Å². The number of Topliss-reactive ketones (excluding diaryl/α,β-unsaturated/α-hetero) is 1. The lowest BCUT2D eigenvalue weighted by atomic mass is 8.26. The standard InChI is InChI=1S/C25H32NO6.B44.HI/c1-26(2)11-10-17-13-22-24(32-15-31-22)25(30-5)23(17)20(26)14-18(27)7-6-16-12-19(28-3)8-9-21(16)29-4;1-24(2)35(23)41(36(25(3)4)26(5)6)44(42(37(27(7)8)28(9)10)38(29(11)12)30(13)14)43(39(31(15)16)32(17)18)40(33(19)20)34(21)22;/h8-9,12-13,20H,6-7,10-11,14-15H2,1-5H3;;1H/q+1;;/p-1. The number of halogens is 1. The van der Waals surface area contributed by atoms with Gasteiger partial charge < -0.3 is 52.1 Å². The van der Waals surface area contributed by atoms with Crippen molar-refractivity contribution in [3.05, 3.63) is 41.0 Å². The maximum atomic E-state index is 13.2. The third-order valence-corrected chi connectivity index (χ3v) is 15.6. The molecule has 0 fully saturated rings. The van der Waals surface area contributed by atoms with Gasteiger partial charge in [0.05, 0.1) is 54.0 Å². The quantitative estimate of drug-likeness (QED) is 0.0481. The minimum atomic E-state index is -1.27. The van der Waals surface area contributed by atoms with Crippen LogP contribution in [-0.4, -0.2) is 371 Å². The van der Waals surface area contributed by atoms with E-state index in [2.05, 4.69) is 20.2 Å². The van der Waals surface area contributed by atoms with Crippen molar-refractivity contribution in [2.75, 3.05) is 48.8 Å². The summed E-state index contributed by atoms with van der Waals surface area (Å²) < 4.78 is 28.6. The molecule has 46 radical (unpaired) electrons. The van der Waals surface area contributed by atoms with Gasteiger partial charge in [0.15, 0.2) is 11.5 Å². The summed E-state index contributed by atoms with van der Waals surface area (Å²) in [6.07, 6.45) is -22.9. The Bertz CT molecular complexity index is 1990. The van der Waals surface area contributed by atoms with E-state index in [-0.39, 0.29) is 42.6 Å². The summed E-state index contributed by atoms with van der Waals surface area (Å²) in [4.78, 5) is 13.2. The Hall–Kier alpha value is 0.657. The zero-order valence-corrected chi connectivity index (χ0v) is 47.5. The number of nitrogens with zero attached hydrogens (tertiary/aromatic N) is 1. The lowest BCUT2D eigenvalue weighted by Crippen LogP contribution is -3.00. The van der Waals surface area contributed by atoms with E-state index in [9.17, 15) is 4.79 Å². The fourth-order valence-electron chi connectivity index (χ4n) is 12.0. The van der Waals surface area contributed by atoms with E-state index in [0.29, 0.717) is 30.8 Å². The van der Waals surface area contributed by atoms with Crippen molar-refractivity contribution < 1.29 is 56.9 Å². The predicted molar refractivity (Wildman–Crippen MR) is 373 cm³/mol. The molecule has 0 amide bonds. The average molecular weight is 1050 g/mol. The molecule has 0 bridgehead atoms. The molecule has 7 nitrogen and oxygen atoms in total. The lowest BCUT2D eigenvalue weighted by molar-refractivity contribution is -0.922. The fraction of sp³-hybridized carbons (Fsp3) is 0.480. The third kappa shape index (κ3) is 18.8. The smallest absolute Gasteiger partial charge is 0.231 e. The van der Waals surface area contributed by atoms with Crippen LogP contribution in [-0.2, 0) is 17.6 Å². The Morgan fingerprint density at radius 1 is 0.545 bits per heavy atom. The Morgan fingerprint density at radius 2 is 0.961 bits per heavy atom. The molecular formula is C25H32B44INO6. The number of quaternary nitrogens is 1. The minimum absolute atomic E-state index is 0. The van der Waals surface area contributed by atoms with Gasteiger partial charge in [-0.2, -0.15) is 0 Å². The highest BCUT2D eigenvalue weighted by atomic mass is 127. The average Bonchev–Trinajstić information content (AvgIpc) is 3.78. The number of benzene rings is 2. The molecule has 312 valence electrons. The summed E-state index contributed by atoms with van der Waals surface area (Å²) >= 11 is 0. The Balaban J connectivity index is 0.000000541. The molecule has 2 aromatic rings. The SMILES string of the molecule is COc1ccc(OC)c(CCC(=O)CC2c3c(cc4c(c3OC)OCO4)CC[N+]2(C)C)c1.[B]B([B])B([B])B(B(B([B])[B])B([B])[B])B(B(B(B([B])[B])B([B])[B])B(B([B])[B])B([B])[B])B(B(B([B])[B])B([B])[B])B(B([B])[B])B([B])[B].[I-]. The number of rotatable bonds is 28. The predicted octanol–water partition coefficient (Wildman–Crippen LogP) is -16.0. The van der Waals surface area contributed by atoms with Crippen molar-refractivity contribution >= 4 is 318 Å². The number of carbonyl (C=O) groups is 1. The summed E-state index contributed by atoms with van der Waals surface area (Å²) in [5.74, 6) is 3.81. The van der Waals surface area contributed by atoms with E-state index >= 15 is 0 Å². The van der Waals surface area contributed by atoms with Crippen LogP contribution in [0.5, 0.6) is 28.7 Å². The van der Waals surface area contributed by atoms with Crippen LogP contribution in [0.25, 0.3) is 0 Å². The Labute approximate surface area is 520 Å². The number of ether oxygens (including phenoxy) is 5. The van der Waals surface area contributed by atoms with Gasteiger partial charge in [0, 0.05) is 325 Å². The van der Waals surface area contributed by atoms with Crippen LogP contribution in [0.3, 0.4) is 0 Å². The topological polar surface area (TPSA) is 63.2 Å². The first kappa shape index (κ1) is 73.8. The summed E-state index contributed by atoms with van der Waals surface area (Å²) in [6, 6.07) is 7.72. The first-order valence-corrected chi connectivity index (χ1v) is 25.3. The van der Waals surface area contributed by atoms with Crippen LogP contribution in [0, 0.1) is 0 Å². The summed E-state index contributed by atoms with van der Waals surface area (Å²) in [7, 11) is 155. The molecule has 2 heterocycles. The minimum Gasteiger partial charge on any atom is -1.00 e. The molecule has 4 rings (SSSR count). The molecule has 77 heavy (non-hydrogen) atoms. The van der Waals surface area contributed by atoms with Gasteiger partial charge in [0.25, 0.3) is 0 Å². The van der Waals surface area contributed by atoms with Crippen molar-refractivity contribution in [2.24, 2.45) is 0 Å². The number of likely N-dealkylation sites (N-methyl/N-ethyl adjacent to an activating group) is 1. The van der Waals surface area contributed by atoms with Crippen molar-refractivity contribution in [3.8, 4) is 28.7 Å². The van der Waals surface area contributed by atoms with Gasteiger partial charge in [-0.1, -0.05) is 0 Å². The van der Waals surface area contributed by atoms with E-state index in [1.807, 2.05) is 18.2 Å². The highest BCUT2D eigenvalue weighted by molar-refractivity contribution is 8.33. The largest absolute Gasteiger partial charge is 1.00 e. The molecule has 0 spiro atoms. The highest BCUT2D eigenvalue weighted by Crippen LogP contribution is 2.51. The Morgan fingerprint density at radius 3 is 1.34 bits per heavy atom. The number of fused-ring (bicyclic) bond motifs is 2. The van der Waals surface area contributed by atoms with Gasteiger partial charge >= 0.3 is 0 Å². The third-order valence-electron chi connectivity index (χ3n) is 15.6. The van der Waals surface area contributed by atoms with Crippen LogP contribution in [0.4, 0.5) is 0 Å². The summed E-state index contributed by atoms with van der Waals surface area (Å²) in [6.45, 7) is 1.14. The molecule has 0 aliphatic carbocycles. The number of ketones is 1. The Kier molecular flexibility index (Phi) is 32.0. The summed E-state index contributed by atoms with van der Waals surface area (Å²) in [5.41, 5.74) is 3.22. The van der Waals surface area contributed by atoms with Gasteiger partial charge in [0.1, 0.15) is 23.3 Å². The first-order chi connectivity index (χ1) is 35.3. The molecule has 0 N–H and O–H groups in total. The van der Waals surface area contributed by atoms with Crippen molar-refractivity contribution in [2.45, 2.75) is 31.7 Å². The van der Waals surface area contributed by atoms with Crippen LogP contribution in [0.1, 0.15) is 35.6 Å². The van der Waals surface area contributed by atoms with E-state index in [0.717, 1.165) is 45.8 Å². The fourth-order valence-corrected chi connectivity index (χ4v) is 12.0. The van der Waals surface area contributed by atoms with Crippen molar-refractivity contribution in [1.29, 1.82) is 0 Å². The second-order valence-corrected chi connectivity index (χ2v) is 21.0. The van der Waals surface area contributed by atoms with E-state index in [1.54, 1.807) is 21.3 Å². The first-order valence-electron chi connectivity index (χ1n) is 25.3. The zero-order valence-electron chi connectivity index (χ0n) is 45.3. The molecule has 2 aliphatic heterocycles. The van der Waals surface area contributed by atoms with Gasteiger partial charge in [0.2, 0.25) is 12.5 Å². The molecule has 0 saturated heterocycles. The summed E-state index contributed by atoms with van der Waals surface area (Å²) in [5, 5.41) is 0. The van der Waals surface area contributed by atoms with Crippen LogP contribution in [0.15, 0.2) is 24.3 Å². The molecule has 0 aromatic heterocycles. The molecule has 0 saturated carbocycles. The monoisotopic (exact) mass is 1050 g/mol. The molecule has 52 heteroatoms. The number of hydrogen-bond acceptors (Lipinski definition) is 6. The number of methoxy groups -OCH3 is 3. The molecular weight excluding hydrogens is 1010 g/mol. The lowest BCUT2D eigenvalue weighted by Gasteiger charge is -2.55. The van der Waals surface area contributed by atoms with Crippen molar-refractivity contribution in [1.82, 2.24) is 0 Å². The van der Waals surface area contributed by atoms with Gasteiger partial charge in [-0.15, -0.1) is 0 Å². The van der Waals surface area contributed by atoms with Crippen LogP contribution < -0.4 is 47.7 Å². The van der Waals surface area contributed by atoms with E-state index in [1.165, 1.54) is 5.56 Å². The van der Waals surface area contributed by atoms with Gasteiger partial charge in [-0.3, -0.25) is 4.79 Å². The van der Waals surface area contributed by atoms with Gasteiger partial charge in [-0.05, 0) is 41.8 Å². The zero-order chi connectivity index (χ0) is 58.0. The van der Waals surface area contributed by atoms with Crippen molar-refractivity contribution in [3.63, 3.8) is 0 Å². The van der Waals surface area contributed by atoms with Crippen LogP contribution in [0.2, 0.25) is 0 Å². The maximum Gasteiger partial charge on any atom is 0.231 e. The second kappa shape index (κ2) is 33.4. The molecule has 1 unspecified atom stereocenters. The number of hydrogen-bond donors (Lipinski definition) is 0. The van der Waals surface area contributed by atoms with E-state index < -0.39 is 134 Å². The maximum absolute atomic E-state index is 13.2. The second-order valence-electron chi connectivity index (χ2n) is 21.0. The molecule has 1 atom stereocenters. The normalized spacial score (nSPS) is 13.0. The number of carbonyl (C=O) groups excluding carboxylic acids is 1. The van der Waals surface area contributed by atoms with Crippen LogP contribution >= 0.6 is 0 Å². The highest BCUT2D eigenvalue weighted by Gasteiger charge is 2.58. The van der Waals surface area contributed by atoms with Gasteiger partial charge in [-0.25, -0.2) is 0 Å².